The Hall–Kier alpha value is -2.63. The monoisotopic (exact) mass is 302 g/mol. The molecule has 1 aromatic carbocycles. The summed E-state index contributed by atoms with van der Waals surface area (Å²) in [5, 5.41) is 11.4. The summed E-state index contributed by atoms with van der Waals surface area (Å²) in [5.41, 5.74) is 1.34. The molecule has 2 rings (SSSR count). The van der Waals surface area contributed by atoms with E-state index in [1.807, 2.05) is 30.3 Å². The van der Waals surface area contributed by atoms with Gasteiger partial charge in [0.05, 0.1) is 12.1 Å². The molecule has 2 N–H and O–H groups in total. The smallest absolute Gasteiger partial charge is 0.326 e. The second kappa shape index (κ2) is 6.89. The van der Waals surface area contributed by atoms with Gasteiger partial charge in [0, 0.05) is 5.56 Å². The van der Waals surface area contributed by atoms with E-state index in [0.717, 1.165) is 5.56 Å². The molecular weight excluding hydrogens is 284 g/mol. The standard InChI is InChI=1S/C16H18N2O4/c1-3-12(16(20)21)17-14(19)9-13-10(2)22-15(18-13)11-7-5-4-6-8-11/h4-8,12H,3,9H2,1-2H3,(H,17,19)(H,20,21). The normalized spacial score (nSPS) is 11.9. The minimum Gasteiger partial charge on any atom is -0.480 e. The topological polar surface area (TPSA) is 92.4 Å². The number of aromatic nitrogens is 1. The van der Waals surface area contributed by atoms with Crippen LogP contribution in [0.25, 0.3) is 11.5 Å². The fraction of sp³-hybridized carbons (Fsp3) is 0.312. The van der Waals surface area contributed by atoms with Gasteiger partial charge in [0.25, 0.3) is 0 Å². The molecule has 1 atom stereocenters. The zero-order chi connectivity index (χ0) is 16.1. The second-order valence-electron chi connectivity index (χ2n) is 4.93. The first-order chi connectivity index (χ1) is 10.5. The van der Waals surface area contributed by atoms with Gasteiger partial charge in [0.1, 0.15) is 11.8 Å². The van der Waals surface area contributed by atoms with E-state index in [1.54, 1.807) is 13.8 Å². The van der Waals surface area contributed by atoms with Crippen molar-refractivity contribution in [1.29, 1.82) is 0 Å². The Kier molecular flexibility index (Phi) is 4.93. The molecule has 0 bridgehead atoms. The van der Waals surface area contributed by atoms with Crippen LogP contribution in [-0.4, -0.2) is 28.0 Å². The molecule has 0 fully saturated rings. The number of aryl methyl sites for hydroxylation is 1. The molecule has 6 heteroatoms. The average Bonchev–Trinajstić information content (AvgIpc) is 2.86. The van der Waals surface area contributed by atoms with Gasteiger partial charge in [-0.05, 0) is 25.5 Å². The summed E-state index contributed by atoms with van der Waals surface area (Å²) in [7, 11) is 0. The summed E-state index contributed by atoms with van der Waals surface area (Å²) in [6.07, 6.45) is 0.320. The van der Waals surface area contributed by atoms with Gasteiger partial charge in [0.15, 0.2) is 0 Å². The van der Waals surface area contributed by atoms with Crippen molar-refractivity contribution < 1.29 is 19.1 Å². The number of carbonyl (C=O) groups is 2. The van der Waals surface area contributed by atoms with E-state index in [-0.39, 0.29) is 12.3 Å². The Labute approximate surface area is 128 Å². The van der Waals surface area contributed by atoms with Gasteiger partial charge in [0.2, 0.25) is 11.8 Å². The highest BCUT2D eigenvalue weighted by Gasteiger charge is 2.20. The third-order valence-corrected chi connectivity index (χ3v) is 3.28. The molecule has 0 saturated carbocycles. The molecule has 1 unspecified atom stereocenters. The van der Waals surface area contributed by atoms with E-state index < -0.39 is 12.0 Å². The lowest BCUT2D eigenvalue weighted by Crippen LogP contribution is -2.41. The van der Waals surface area contributed by atoms with Gasteiger partial charge >= 0.3 is 5.97 Å². The number of aliphatic carboxylic acids is 1. The molecule has 0 spiro atoms. The largest absolute Gasteiger partial charge is 0.480 e. The van der Waals surface area contributed by atoms with Crippen LogP contribution in [0, 0.1) is 6.92 Å². The number of rotatable bonds is 6. The molecule has 0 aliphatic rings. The van der Waals surface area contributed by atoms with E-state index in [2.05, 4.69) is 10.3 Å². The number of hydrogen-bond acceptors (Lipinski definition) is 4. The first-order valence-corrected chi connectivity index (χ1v) is 7.05. The Morgan fingerprint density at radius 1 is 1.32 bits per heavy atom. The predicted octanol–water partition coefficient (Wildman–Crippen LogP) is 2.17. The van der Waals surface area contributed by atoms with Crippen molar-refractivity contribution in [3.8, 4) is 11.5 Å². The highest BCUT2D eigenvalue weighted by atomic mass is 16.4. The van der Waals surface area contributed by atoms with Crippen molar-refractivity contribution in [2.24, 2.45) is 0 Å². The van der Waals surface area contributed by atoms with Crippen molar-refractivity contribution in [3.05, 3.63) is 41.8 Å². The quantitative estimate of drug-likeness (QED) is 0.853. The molecule has 22 heavy (non-hydrogen) atoms. The lowest BCUT2D eigenvalue weighted by atomic mass is 10.2. The van der Waals surface area contributed by atoms with Gasteiger partial charge in [-0.1, -0.05) is 25.1 Å². The van der Waals surface area contributed by atoms with Crippen molar-refractivity contribution >= 4 is 11.9 Å². The summed E-state index contributed by atoms with van der Waals surface area (Å²) in [6, 6.07) is 8.50. The van der Waals surface area contributed by atoms with Crippen LogP contribution in [0.15, 0.2) is 34.7 Å². The highest BCUT2D eigenvalue weighted by molar-refractivity contribution is 5.84. The highest BCUT2D eigenvalue weighted by Crippen LogP contribution is 2.21. The number of nitrogens with zero attached hydrogens (tertiary/aromatic N) is 1. The van der Waals surface area contributed by atoms with Gasteiger partial charge in [-0.15, -0.1) is 0 Å². The van der Waals surface area contributed by atoms with Gasteiger partial charge < -0.3 is 14.8 Å². The first kappa shape index (κ1) is 15.8. The summed E-state index contributed by atoms with van der Waals surface area (Å²) in [4.78, 5) is 27.2. The Morgan fingerprint density at radius 3 is 2.59 bits per heavy atom. The number of carbonyl (C=O) groups excluding carboxylic acids is 1. The van der Waals surface area contributed by atoms with Gasteiger partial charge in [-0.25, -0.2) is 9.78 Å². The van der Waals surface area contributed by atoms with E-state index in [1.165, 1.54) is 0 Å². The molecule has 0 aliphatic heterocycles. The van der Waals surface area contributed by atoms with E-state index >= 15 is 0 Å². The summed E-state index contributed by atoms with van der Waals surface area (Å²) < 4.78 is 5.57. The molecule has 1 amide bonds. The summed E-state index contributed by atoms with van der Waals surface area (Å²) in [6.45, 7) is 3.43. The molecule has 2 aromatic rings. The van der Waals surface area contributed by atoms with Crippen LogP contribution >= 0.6 is 0 Å². The maximum atomic E-state index is 11.9. The maximum Gasteiger partial charge on any atom is 0.326 e. The van der Waals surface area contributed by atoms with E-state index in [9.17, 15) is 9.59 Å². The lowest BCUT2D eigenvalue weighted by Gasteiger charge is -2.11. The Morgan fingerprint density at radius 2 is 2.00 bits per heavy atom. The molecule has 0 saturated heterocycles. The molecule has 0 aliphatic carbocycles. The predicted molar refractivity (Wildman–Crippen MR) is 80.2 cm³/mol. The molecule has 1 aromatic heterocycles. The Bertz CT molecular complexity index is 664. The van der Waals surface area contributed by atoms with E-state index in [4.69, 9.17) is 9.52 Å². The third kappa shape index (κ3) is 3.72. The Balaban J connectivity index is 2.09. The first-order valence-electron chi connectivity index (χ1n) is 7.05. The third-order valence-electron chi connectivity index (χ3n) is 3.28. The maximum absolute atomic E-state index is 11.9. The summed E-state index contributed by atoms with van der Waals surface area (Å²) >= 11 is 0. The number of carboxylic acid groups (broad SMARTS) is 1. The number of benzene rings is 1. The number of nitrogens with one attached hydrogen (secondary N) is 1. The zero-order valence-corrected chi connectivity index (χ0v) is 12.5. The van der Waals surface area contributed by atoms with E-state index in [0.29, 0.717) is 23.8 Å². The summed E-state index contributed by atoms with van der Waals surface area (Å²) in [5.74, 6) is -0.425. The lowest BCUT2D eigenvalue weighted by molar-refractivity contribution is -0.141. The molecule has 116 valence electrons. The van der Waals surface area contributed by atoms with Crippen molar-refractivity contribution in [2.45, 2.75) is 32.7 Å². The SMILES string of the molecule is CCC(NC(=O)Cc1nc(-c2ccccc2)oc1C)C(=O)O. The zero-order valence-electron chi connectivity index (χ0n) is 12.5. The molecular formula is C16H18N2O4. The van der Waals surface area contributed by atoms with Crippen LogP contribution in [0.5, 0.6) is 0 Å². The minimum atomic E-state index is -1.04. The van der Waals surface area contributed by atoms with Gasteiger partial charge in [-0.3, -0.25) is 4.79 Å². The number of carboxylic acids is 1. The molecule has 0 radical (unpaired) electrons. The van der Waals surface area contributed by atoms with Crippen molar-refractivity contribution in [2.75, 3.05) is 0 Å². The number of oxazole rings is 1. The number of hydrogen-bond donors (Lipinski definition) is 2. The van der Waals surface area contributed by atoms with Crippen molar-refractivity contribution in [1.82, 2.24) is 10.3 Å². The van der Waals surface area contributed by atoms with Crippen LogP contribution < -0.4 is 5.32 Å². The fourth-order valence-corrected chi connectivity index (χ4v) is 2.03. The van der Waals surface area contributed by atoms with Crippen LogP contribution in [0.1, 0.15) is 24.8 Å². The average molecular weight is 302 g/mol. The van der Waals surface area contributed by atoms with Gasteiger partial charge in [-0.2, -0.15) is 0 Å². The fourth-order valence-electron chi connectivity index (χ4n) is 2.03. The van der Waals surface area contributed by atoms with Crippen LogP contribution in [-0.2, 0) is 16.0 Å². The van der Waals surface area contributed by atoms with Crippen molar-refractivity contribution in [3.63, 3.8) is 0 Å². The molecule has 6 nitrogen and oxygen atoms in total. The number of amides is 1. The van der Waals surface area contributed by atoms with Crippen LogP contribution in [0.2, 0.25) is 0 Å². The second-order valence-corrected chi connectivity index (χ2v) is 4.93. The minimum absolute atomic E-state index is 0.00799. The molecule has 1 heterocycles. The van der Waals surface area contributed by atoms with Crippen LogP contribution in [0.3, 0.4) is 0 Å². The van der Waals surface area contributed by atoms with Crippen LogP contribution in [0.4, 0.5) is 0 Å².